The fourth-order valence-electron chi connectivity index (χ4n) is 1.69. The minimum Gasteiger partial charge on any atom is -0.465 e. The largest absolute Gasteiger partial charge is 0.465 e. The van der Waals surface area contributed by atoms with Gasteiger partial charge in [-0.2, -0.15) is 0 Å². The van der Waals surface area contributed by atoms with Crippen LogP contribution in [0.5, 0.6) is 0 Å². The van der Waals surface area contributed by atoms with Gasteiger partial charge in [-0.25, -0.2) is 4.79 Å². The van der Waals surface area contributed by atoms with E-state index in [9.17, 15) is 9.59 Å². The van der Waals surface area contributed by atoms with Gasteiger partial charge in [-0.05, 0) is 37.6 Å². The van der Waals surface area contributed by atoms with Gasteiger partial charge in [-0.3, -0.25) is 4.79 Å². The van der Waals surface area contributed by atoms with E-state index in [-0.39, 0.29) is 11.9 Å². The zero-order valence-corrected chi connectivity index (χ0v) is 11.0. The zero-order valence-electron chi connectivity index (χ0n) is 11.0. The lowest BCUT2D eigenvalue weighted by atomic mass is 10.1. The van der Waals surface area contributed by atoms with Gasteiger partial charge in [0.2, 0.25) is 0 Å². The predicted octanol–water partition coefficient (Wildman–Crippen LogP) is 2.39. The summed E-state index contributed by atoms with van der Waals surface area (Å²) in [6.07, 6.45) is 1.98. The molecule has 0 aliphatic heterocycles. The maximum absolute atomic E-state index is 11.9. The van der Waals surface area contributed by atoms with Crippen LogP contribution in [0.15, 0.2) is 24.3 Å². The highest BCUT2D eigenvalue weighted by Gasteiger charge is 2.10. The van der Waals surface area contributed by atoms with Gasteiger partial charge in [0, 0.05) is 11.6 Å². The van der Waals surface area contributed by atoms with Gasteiger partial charge in [-0.1, -0.05) is 13.3 Å². The molecule has 0 aromatic heterocycles. The Hall–Kier alpha value is -1.84. The Bertz CT molecular complexity index is 412. The first-order valence-electron chi connectivity index (χ1n) is 6.07. The smallest absolute Gasteiger partial charge is 0.337 e. The van der Waals surface area contributed by atoms with Gasteiger partial charge in [0.15, 0.2) is 0 Å². The first kappa shape index (κ1) is 14.2. The summed E-state index contributed by atoms with van der Waals surface area (Å²) in [6, 6.07) is 6.58. The van der Waals surface area contributed by atoms with Crippen molar-refractivity contribution in [1.29, 1.82) is 0 Å². The number of amides is 1. The molecule has 0 fully saturated rings. The Morgan fingerprint density at radius 3 is 2.28 bits per heavy atom. The molecule has 1 aromatic carbocycles. The standard InChI is InChI=1S/C14H19NO3/c1-4-5-10(2)15-13(16)11-6-8-12(9-7-11)14(17)18-3/h6-10H,4-5H2,1-3H3,(H,15,16). The SMILES string of the molecule is CCCC(C)NC(=O)c1ccc(C(=O)OC)cc1. The molecule has 0 spiro atoms. The van der Waals surface area contributed by atoms with Crippen LogP contribution < -0.4 is 5.32 Å². The van der Waals surface area contributed by atoms with Crippen molar-refractivity contribution in [3.8, 4) is 0 Å². The van der Waals surface area contributed by atoms with E-state index < -0.39 is 5.97 Å². The van der Waals surface area contributed by atoms with E-state index in [1.54, 1.807) is 24.3 Å². The van der Waals surface area contributed by atoms with Crippen LogP contribution in [0.1, 0.15) is 47.4 Å². The molecule has 0 saturated heterocycles. The summed E-state index contributed by atoms with van der Waals surface area (Å²) in [5.41, 5.74) is 0.987. The fraction of sp³-hybridized carbons (Fsp3) is 0.429. The van der Waals surface area contributed by atoms with Crippen LogP contribution in [0.25, 0.3) is 0 Å². The first-order chi connectivity index (χ1) is 8.58. The average molecular weight is 249 g/mol. The third kappa shape index (κ3) is 3.87. The molecule has 0 aliphatic carbocycles. The lowest BCUT2D eigenvalue weighted by molar-refractivity contribution is 0.0600. The van der Waals surface area contributed by atoms with Crippen LogP contribution in [0, 0.1) is 0 Å². The molecule has 0 radical (unpaired) electrons. The van der Waals surface area contributed by atoms with Crippen molar-refractivity contribution in [2.24, 2.45) is 0 Å². The number of ether oxygens (including phenoxy) is 1. The Morgan fingerprint density at radius 1 is 1.22 bits per heavy atom. The highest BCUT2D eigenvalue weighted by atomic mass is 16.5. The summed E-state index contributed by atoms with van der Waals surface area (Å²) in [7, 11) is 1.33. The number of hydrogen-bond donors (Lipinski definition) is 1. The topological polar surface area (TPSA) is 55.4 Å². The highest BCUT2D eigenvalue weighted by Crippen LogP contribution is 2.06. The highest BCUT2D eigenvalue weighted by molar-refractivity contribution is 5.96. The lowest BCUT2D eigenvalue weighted by Crippen LogP contribution is -2.32. The van der Waals surface area contributed by atoms with Crippen molar-refractivity contribution in [2.45, 2.75) is 32.7 Å². The van der Waals surface area contributed by atoms with Crippen LogP contribution in [-0.2, 0) is 4.74 Å². The number of hydrogen-bond acceptors (Lipinski definition) is 3. The van der Waals surface area contributed by atoms with E-state index in [2.05, 4.69) is 17.0 Å². The van der Waals surface area contributed by atoms with Crippen LogP contribution in [0.2, 0.25) is 0 Å². The van der Waals surface area contributed by atoms with Crippen LogP contribution >= 0.6 is 0 Å². The molecule has 4 nitrogen and oxygen atoms in total. The maximum Gasteiger partial charge on any atom is 0.337 e. The lowest BCUT2D eigenvalue weighted by Gasteiger charge is -2.12. The van der Waals surface area contributed by atoms with E-state index in [1.807, 2.05) is 6.92 Å². The Labute approximate surface area is 107 Å². The number of rotatable bonds is 5. The molecule has 1 N–H and O–H groups in total. The second kappa shape index (κ2) is 6.79. The summed E-state index contributed by atoms with van der Waals surface area (Å²) in [6.45, 7) is 4.05. The molecule has 1 amide bonds. The number of esters is 1. The predicted molar refractivity (Wildman–Crippen MR) is 69.6 cm³/mol. The number of methoxy groups -OCH3 is 1. The van der Waals surface area contributed by atoms with E-state index in [0.717, 1.165) is 12.8 Å². The fourth-order valence-corrected chi connectivity index (χ4v) is 1.69. The second-order valence-electron chi connectivity index (χ2n) is 4.23. The molecule has 1 aromatic rings. The van der Waals surface area contributed by atoms with Crippen molar-refractivity contribution in [1.82, 2.24) is 5.32 Å². The molecule has 0 heterocycles. The van der Waals surface area contributed by atoms with Crippen LogP contribution in [-0.4, -0.2) is 25.0 Å². The molecular formula is C14H19NO3. The van der Waals surface area contributed by atoms with Crippen molar-refractivity contribution in [3.63, 3.8) is 0 Å². The Balaban J connectivity index is 2.67. The van der Waals surface area contributed by atoms with Gasteiger partial charge in [0.05, 0.1) is 12.7 Å². The number of nitrogens with one attached hydrogen (secondary N) is 1. The summed E-state index contributed by atoms with van der Waals surface area (Å²) in [4.78, 5) is 23.1. The van der Waals surface area contributed by atoms with Crippen molar-refractivity contribution in [2.75, 3.05) is 7.11 Å². The van der Waals surface area contributed by atoms with Gasteiger partial charge in [0.25, 0.3) is 5.91 Å². The molecule has 0 bridgehead atoms. The van der Waals surface area contributed by atoms with Crippen molar-refractivity contribution in [3.05, 3.63) is 35.4 Å². The quantitative estimate of drug-likeness (QED) is 0.815. The summed E-state index contributed by atoms with van der Waals surface area (Å²) in [5.74, 6) is -0.520. The van der Waals surface area contributed by atoms with E-state index >= 15 is 0 Å². The molecule has 1 unspecified atom stereocenters. The third-order valence-electron chi connectivity index (χ3n) is 2.67. The third-order valence-corrected chi connectivity index (χ3v) is 2.67. The normalized spacial score (nSPS) is 11.7. The minimum absolute atomic E-state index is 0.118. The molecule has 1 rings (SSSR count). The monoisotopic (exact) mass is 249 g/mol. The van der Waals surface area contributed by atoms with Gasteiger partial charge < -0.3 is 10.1 Å². The molecule has 4 heteroatoms. The molecule has 1 atom stereocenters. The summed E-state index contributed by atoms with van der Waals surface area (Å²) < 4.78 is 4.59. The number of carbonyl (C=O) groups excluding carboxylic acids is 2. The molecular weight excluding hydrogens is 230 g/mol. The van der Waals surface area contributed by atoms with Crippen molar-refractivity contribution >= 4 is 11.9 Å². The van der Waals surface area contributed by atoms with Gasteiger partial charge in [-0.15, -0.1) is 0 Å². The molecule has 18 heavy (non-hydrogen) atoms. The average Bonchev–Trinajstić information content (AvgIpc) is 2.38. The van der Waals surface area contributed by atoms with Crippen LogP contribution in [0.3, 0.4) is 0 Å². The van der Waals surface area contributed by atoms with Gasteiger partial charge >= 0.3 is 5.97 Å². The molecule has 0 saturated carbocycles. The second-order valence-corrected chi connectivity index (χ2v) is 4.23. The Kier molecular flexibility index (Phi) is 5.36. The summed E-state index contributed by atoms with van der Waals surface area (Å²) >= 11 is 0. The van der Waals surface area contributed by atoms with Crippen LogP contribution in [0.4, 0.5) is 0 Å². The molecule has 98 valence electrons. The number of benzene rings is 1. The van der Waals surface area contributed by atoms with Gasteiger partial charge in [0.1, 0.15) is 0 Å². The first-order valence-corrected chi connectivity index (χ1v) is 6.07. The van der Waals surface area contributed by atoms with E-state index in [4.69, 9.17) is 0 Å². The van der Waals surface area contributed by atoms with E-state index in [1.165, 1.54) is 7.11 Å². The summed E-state index contributed by atoms with van der Waals surface area (Å²) in [5, 5.41) is 2.90. The zero-order chi connectivity index (χ0) is 13.5. The minimum atomic E-state index is -0.402. The Morgan fingerprint density at radius 2 is 1.78 bits per heavy atom. The molecule has 0 aliphatic rings. The number of carbonyl (C=O) groups is 2. The maximum atomic E-state index is 11.9. The van der Waals surface area contributed by atoms with E-state index in [0.29, 0.717) is 11.1 Å². The van der Waals surface area contributed by atoms with Crippen molar-refractivity contribution < 1.29 is 14.3 Å².